The van der Waals surface area contributed by atoms with Crippen molar-refractivity contribution >= 4 is 17.7 Å². The molecule has 2 aromatic rings. The normalized spacial score (nSPS) is 13.0. The molecule has 148 valence electrons. The van der Waals surface area contributed by atoms with Gasteiger partial charge in [-0.3, -0.25) is 9.59 Å². The summed E-state index contributed by atoms with van der Waals surface area (Å²) in [5.41, 5.74) is 3.82. The van der Waals surface area contributed by atoms with Crippen LogP contribution in [0.5, 0.6) is 0 Å². The Kier molecular flexibility index (Phi) is 5.77. The first-order valence-corrected chi connectivity index (χ1v) is 9.26. The van der Waals surface area contributed by atoms with Gasteiger partial charge in [-0.05, 0) is 32.4 Å². The highest BCUT2D eigenvalue weighted by Crippen LogP contribution is 2.17. The van der Waals surface area contributed by atoms with Gasteiger partial charge in [0, 0.05) is 30.3 Å². The largest absolute Gasteiger partial charge is 0.450 e. The number of carbonyl (C=O) groups excluding carboxylic acids is 2. The van der Waals surface area contributed by atoms with Crippen LogP contribution in [0.1, 0.15) is 29.3 Å². The predicted molar refractivity (Wildman–Crippen MR) is 104 cm³/mol. The Morgan fingerprint density at radius 2 is 2.04 bits per heavy atom. The molecule has 0 spiro atoms. The molecule has 0 saturated heterocycles. The summed E-state index contributed by atoms with van der Waals surface area (Å²) in [6.07, 6.45) is 0.109. The lowest BCUT2D eigenvalue weighted by Gasteiger charge is -2.27. The summed E-state index contributed by atoms with van der Waals surface area (Å²) >= 11 is 0. The summed E-state index contributed by atoms with van der Waals surface area (Å²) < 4.78 is 6.17. The van der Waals surface area contributed by atoms with Gasteiger partial charge in [0.05, 0.1) is 18.8 Å². The lowest BCUT2D eigenvalue weighted by atomic mass is 10.1. The SMILES string of the molecule is CCOC(=O)N1CCc2nn(CC(=O)Nc3ccc(C)cc3C)c(=O)cc2C1. The van der Waals surface area contributed by atoms with Crippen molar-refractivity contribution < 1.29 is 14.3 Å². The van der Waals surface area contributed by atoms with Gasteiger partial charge in [0.1, 0.15) is 6.54 Å². The van der Waals surface area contributed by atoms with Crippen molar-refractivity contribution in [1.29, 1.82) is 0 Å². The summed E-state index contributed by atoms with van der Waals surface area (Å²) in [5, 5.41) is 7.16. The maximum Gasteiger partial charge on any atom is 0.410 e. The van der Waals surface area contributed by atoms with Gasteiger partial charge in [-0.2, -0.15) is 5.10 Å². The molecule has 1 aliphatic rings. The molecule has 0 bridgehead atoms. The van der Waals surface area contributed by atoms with Crippen LogP contribution in [0.4, 0.5) is 10.5 Å². The summed E-state index contributed by atoms with van der Waals surface area (Å²) in [4.78, 5) is 38.2. The number of nitrogens with one attached hydrogen (secondary N) is 1. The molecule has 28 heavy (non-hydrogen) atoms. The Hall–Kier alpha value is -3.16. The van der Waals surface area contributed by atoms with E-state index in [2.05, 4.69) is 10.4 Å². The van der Waals surface area contributed by atoms with Crippen LogP contribution in [0.15, 0.2) is 29.1 Å². The molecular formula is C20H24N4O4. The zero-order valence-corrected chi connectivity index (χ0v) is 16.3. The highest BCUT2D eigenvalue weighted by Gasteiger charge is 2.24. The van der Waals surface area contributed by atoms with Crippen molar-refractivity contribution in [2.24, 2.45) is 0 Å². The number of rotatable bonds is 4. The molecular weight excluding hydrogens is 360 g/mol. The Morgan fingerprint density at radius 1 is 1.25 bits per heavy atom. The van der Waals surface area contributed by atoms with Gasteiger partial charge in [0.2, 0.25) is 5.91 Å². The van der Waals surface area contributed by atoms with Crippen LogP contribution < -0.4 is 10.9 Å². The predicted octanol–water partition coefficient (Wildman–Crippen LogP) is 2.01. The van der Waals surface area contributed by atoms with Crippen molar-refractivity contribution in [3.63, 3.8) is 0 Å². The smallest absolute Gasteiger partial charge is 0.410 e. The van der Waals surface area contributed by atoms with E-state index in [1.807, 2.05) is 32.0 Å². The highest BCUT2D eigenvalue weighted by atomic mass is 16.6. The topological polar surface area (TPSA) is 93.5 Å². The number of fused-ring (bicyclic) bond motifs is 1. The van der Waals surface area contributed by atoms with Gasteiger partial charge < -0.3 is 15.0 Å². The molecule has 1 aliphatic heterocycles. The maximum absolute atomic E-state index is 12.4. The second kappa shape index (κ2) is 8.24. The zero-order chi connectivity index (χ0) is 20.3. The fraction of sp³-hybridized carbons (Fsp3) is 0.400. The fourth-order valence-corrected chi connectivity index (χ4v) is 3.20. The van der Waals surface area contributed by atoms with Gasteiger partial charge in [-0.15, -0.1) is 0 Å². The maximum atomic E-state index is 12.4. The third-order valence-electron chi connectivity index (χ3n) is 4.62. The zero-order valence-electron chi connectivity index (χ0n) is 16.3. The standard InChI is InChI=1S/C20H24N4O4/c1-4-28-20(27)23-8-7-17-15(11-23)10-19(26)24(22-17)12-18(25)21-16-6-5-13(2)9-14(16)3/h5-6,9-10H,4,7-8,11-12H2,1-3H3,(H,21,25). The molecule has 2 heterocycles. The first kappa shape index (κ1) is 19.6. The molecule has 1 N–H and O–H groups in total. The van der Waals surface area contributed by atoms with E-state index in [1.54, 1.807) is 11.8 Å². The molecule has 1 aromatic carbocycles. The van der Waals surface area contributed by atoms with Crippen molar-refractivity contribution in [3.05, 3.63) is 57.0 Å². The van der Waals surface area contributed by atoms with Crippen LogP contribution in [0.3, 0.4) is 0 Å². The quantitative estimate of drug-likeness (QED) is 0.870. The number of ether oxygens (including phenoxy) is 1. The minimum atomic E-state index is -0.398. The summed E-state index contributed by atoms with van der Waals surface area (Å²) in [6, 6.07) is 7.18. The lowest BCUT2D eigenvalue weighted by molar-refractivity contribution is -0.117. The van der Waals surface area contributed by atoms with E-state index < -0.39 is 6.09 Å². The van der Waals surface area contributed by atoms with E-state index >= 15 is 0 Å². The highest BCUT2D eigenvalue weighted by molar-refractivity contribution is 5.91. The van der Waals surface area contributed by atoms with Crippen LogP contribution in [-0.4, -0.2) is 39.8 Å². The molecule has 0 aliphatic carbocycles. The van der Waals surface area contributed by atoms with Crippen LogP contribution in [0.2, 0.25) is 0 Å². The second-order valence-corrected chi connectivity index (χ2v) is 6.85. The average molecular weight is 384 g/mol. The summed E-state index contributed by atoms with van der Waals surface area (Å²) in [7, 11) is 0. The van der Waals surface area contributed by atoms with E-state index in [4.69, 9.17) is 4.74 Å². The van der Waals surface area contributed by atoms with E-state index in [1.165, 1.54) is 6.07 Å². The molecule has 0 radical (unpaired) electrons. The molecule has 8 heteroatoms. The first-order chi connectivity index (χ1) is 13.4. The molecule has 8 nitrogen and oxygen atoms in total. The third kappa shape index (κ3) is 4.39. The number of amides is 2. The van der Waals surface area contributed by atoms with Crippen molar-refractivity contribution in [1.82, 2.24) is 14.7 Å². The number of aryl methyl sites for hydroxylation is 2. The third-order valence-corrected chi connectivity index (χ3v) is 4.62. The van der Waals surface area contributed by atoms with E-state index in [0.717, 1.165) is 21.5 Å². The number of hydrogen-bond donors (Lipinski definition) is 1. The number of nitrogens with zero attached hydrogens (tertiary/aromatic N) is 3. The van der Waals surface area contributed by atoms with Crippen LogP contribution in [0, 0.1) is 13.8 Å². The molecule has 0 atom stereocenters. The van der Waals surface area contributed by atoms with Gasteiger partial charge >= 0.3 is 6.09 Å². The molecule has 1 aromatic heterocycles. The number of hydrogen-bond acceptors (Lipinski definition) is 5. The Balaban J connectivity index is 1.71. The fourth-order valence-electron chi connectivity index (χ4n) is 3.20. The number of carbonyl (C=O) groups is 2. The minimum absolute atomic E-state index is 0.166. The van der Waals surface area contributed by atoms with Crippen molar-refractivity contribution in [2.75, 3.05) is 18.5 Å². The van der Waals surface area contributed by atoms with Crippen molar-refractivity contribution in [2.45, 2.75) is 40.3 Å². The second-order valence-electron chi connectivity index (χ2n) is 6.85. The van der Waals surface area contributed by atoms with E-state index in [0.29, 0.717) is 30.8 Å². The molecule has 0 saturated carbocycles. The van der Waals surface area contributed by atoms with E-state index in [9.17, 15) is 14.4 Å². The van der Waals surface area contributed by atoms with Crippen LogP contribution in [-0.2, 0) is 29.0 Å². The van der Waals surface area contributed by atoms with Gasteiger partial charge in [0.15, 0.2) is 0 Å². The lowest BCUT2D eigenvalue weighted by Crippen LogP contribution is -2.39. The van der Waals surface area contributed by atoms with Crippen LogP contribution in [0.25, 0.3) is 0 Å². The molecule has 0 unspecified atom stereocenters. The monoisotopic (exact) mass is 384 g/mol. The Morgan fingerprint density at radius 3 is 2.75 bits per heavy atom. The summed E-state index contributed by atoms with van der Waals surface area (Å²) in [5.74, 6) is -0.314. The van der Waals surface area contributed by atoms with Crippen LogP contribution >= 0.6 is 0 Å². The Bertz CT molecular complexity index is 967. The van der Waals surface area contributed by atoms with Gasteiger partial charge in [0.25, 0.3) is 5.56 Å². The molecule has 3 rings (SSSR count). The number of benzene rings is 1. The molecule has 2 amide bonds. The Labute approximate surface area is 163 Å². The minimum Gasteiger partial charge on any atom is -0.450 e. The van der Waals surface area contributed by atoms with Crippen molar-refractivity contribution in [3.8, 4) is 0 Å². The number of aromatic nitrogens is 2. The number of anilines is 1. The first-order valence-electron chi connectivity index (χ1n) is 9.26. The van der Waals surface area contributed by atoms with Gasteiger partial charge in [-0.1, -0.05) is 17.7 Å². The van der Waals surface area contributed by atoms with Gasteiger partial charge in [-0.25, -0.2) is 9.48 Å². The molecule has 0 fully saturated rings. The van der Waals surface area contributed by atoms with E-state index in [-0.39, 0.29) is 24.6 Å². The summed E-state index contributed by atoms with van der Waals surface area (Å²) in [6.45, 7) is 6.54. The average Bonchev–Trinajstić information content (AvgIpc) is 2.64.